The Morgan fingerprint density at radius 1 is 1.58 bits per heavy atom. The van der Waals surface area contributed by atoms with Gasteiger partial charge in [-0.25, -0.2) is 4.98 Å². The first-order valence-corrected chi connectivity index (χ1v) is 6.18. The van der Waals surface area contributed by atoms with E-state index < -0.39 is 0 Å². The molecule has 1 unspecified atom stereocenters. The second-order valence-corrected chi connectivity index (χ2v) is 4.91. The van der Waals surface area contributed by atoms with E-state index in [1.165, 1.54) is 5.01 Å². The summed E-state index contributed by atoms with van der Waals surface area (Å²) in [5.41, 5.74) is 0. The molecule has 0 spiro atoms. The lowest BCUT2D eigenvalue weighted by Gasteiger charge is -2.15. The lowest BCUT2D eigenvalue weighted by Crippen LogP contribution is -2.13. The van der Waals surface area contributed by atoms with Crippen molar-refractivity contribution < 1.29 is 0 Å². The maximum absolute atomic E-state index is 4.28. The Bertz CT molecular complexity index is 208. The molecule has 1 aromatic heterocycles. The highest BCUT2D eigenvalue weighted by Gasteiger charge is 2.13. The smallest absolute Gasteiger partial charge is 0.0927 e. The van der Waals surface area contributed by atoms with Gasteiger partial charge in [-0.1, -0.05) is 29.8 Å². The zero-order valence-electron chi connectivity index (χ0n) is 7.46. The van der Waals surface area contributed by atoms with E-state index >= 15 is 0 Å². The number of thiazole rings is 1. The van der Waals surface area contributed by atoms with E-state index in [0.29, 0.717) is 0 Å². The zero-order valence-corrected chi connectivity index (χ0v) is 9.86. The van der Waals surface area contributed by atoms with E-state index in [2.05, 4.69) is 34.8 Å². The second kappa shape index (κ2) is 4.97. The van der Waals surface area contributed by atoms with Gasteiger partial charge in [-0.05, 0) is 11.8 Å². The summed E-state index contributed by atoms with van der Waals surface area (Å²) in [6, 6.07) is 0. The number of alkyl halides is 1. The first-order valence-electron chi connectivity index (χ1n) is 4.18. The standard InChI is InChI=1S/C9H14BrNS/c1-7(2)8(6-10)5-9-11-3-4-12-9/h3-4,7-8H,5-6H2,1-2H3. The summed E-state index contributed by atoms with van der Waals surface area (Å²) in [6.45, 7) is 4.53. The average Bonchev–Trinajstić information content (AvgIpc) is 2.51. The third-order valence-electron chi connectivity index (χ3n) is 2.06. The molecule has 0 amide bonds. The Balaban J connectivity index is 2.48. The molecule has 0 aliphatic carbocycles. The molecule has 1 heterocycles. The van der Waals surface area contributed by atoms with Gasteiger partial charge in [0.1, 0.15) is 0 Å². The van der Waals surface area contributed by atoms with Crippen LogP contribution in [0.3, 0.4) is 0 Å². The summed E-state index contributed by atoms with van der Waals surface area (Å²) >= 11 is 5.29. The van der Waals surface area contributed by atoms with Gasteiger partial charge in [-0.3, -0.25) is 0 Å². The number of hydrogen-bond acceptors (Lipinski definition) is 2. The Morgan fingerprint density at radius 3 is 2.75 bits per heavy atom. The molecule has 0 saturated heterocycles. The van der Waals surface area contributed by atoms with E-state index in [-0.39, 0.29) is 0 Å². The monoisotopic (exact) mass is 247 g/mol. The van der Waals surface area contributed by atoms with Gasteiger partial charge in [-0.2, -0.15) is 0 Å². The molecule has 68 valence electrons. The molecule has 3 heteroatoms. The summed E-state index contributed by atoms with van der Waals surface area (Å²) in [5, 5.41) is 4.37. The highest BCUT2D eigenvalue weighted by atomic mass is 79.9. The molecular formula is C9H14BrNS. The Kier molecular flexibility index (Phi) is 4.22. The number of halogens is 1. The van der Waals surface area contributed by atoms with Gasteiger partial charge in [0.15, 0.2) is 0 Å². The normalized spacial score (nSPS) is 13.7. The maximum Gasteiger partial charge on any atom is 0.0927 e. The summed E-state index contributed by atoms with van der Waals surface area (Å²) in [4.78, 5) is 4.28. The summed E-state index contributed by atoms with van der Waals surface area (Å²) in [6.07, 6.45) is 2.99. The van der Waals surface area contributed by atoms with Gasteiger partial charge in [0.25, 0.3) is 0 Å². The van der Waals surface area contributed by atoms with Crippen molar-refractivity contribution in [3.05, 3.63) is 16.6 Å². The van der Waals surface area contributed by atoms with Crippen molar-refractivity contribution in [1.82, 2.24) is 4.98 Å². The van der Waals surface area contributed by atoms with E-state index in [0.717, 1.165) is 23.6 Å². The first-order chi connectivity index (χ1) is 5.74. The van der Waals surface area contributed by atoms with Crippen LogP contribution in [0.1, 0.15) is 18.9 Å². The molecule has 0 bridgehead atoms. The van der Waals surface area contributed by atoms with Crippen LogP contribution < -0.4 is 0 Å². The van der Waals surface area contributed by atoms with Crippen LogP contribution in [0.5, 0.6) is 0 Å². The van der Waals surface area contributed by atoms with Crippen LogP contribution in [0.2, 0.25) is 0 Å². The average molecular weight is 248 g/mol. The third kappa shape index (κ3) is 2.87. The quantitative estimate of drug-likeness (QED) is 0.744. The highest BCUT2D eigenvalue weighted by Crippen LogP contribution is 2.20. The van der Waals surface area contributed by atoms with Crippen LogP contribution in [0, 0.1) is 11.8 Å². The third-order valence-corrected chi connectivity index (χ3v) is 3.69. The molecule has 0 fully saturated rings. The van der Waals surface area contributed by atoms with Gasteiger partial charge < -0.3 is 0 Å². The van der Waals surface area contributed by atoms with Crippen LogP contribution in [0.25, 0.3) is 0 Å². The van der Waals surface area contributed by atoms with Crippen molar-refractivity contribution in [3.63, 3.8) is 0 Å². The molecule has 0 saturated carbocycles. The molecule has 1 nitrogen and oxygen atoms in total. The lowest BCUT2D eigenvalue weighted by atomic mass is 9.95. The van der Waals surface area contributed by atoms with Crippen molar-refractivity contribution in [2.24, 2.45) is 11.8 Å². The molecule has 0 radical (unpaired) electrons. The lowest BCUT2D eigenvalue weighted by molar-refractivity contribution is 0.426. The minimum atomic E-state index is 0.719. The minimum absolute atomic E-state index is 0.719. The molecule has 1 aromatic rings. The van der Waals surface area contributed by atoms with Crippen LogP contribution in [0.15, 0.2) is 11.6 Å². The fourth-order valence-electron chi connectivity index (χ4n) is 1.05. The van der Waals surface area contributed by atoms with Crippen molar-refractivity contribution in [2.75, 3.05) is 5.33 Å². The number of rotatable bonds is 4. The van der Waals surface area contributed by atoms with Crippen molar-refractivity contribution >= 4 is 27.3 Å². The molecular weight excluding hydrogens is 234 g/mol. The number of nitrogens with zero attached hydrogens (tertiary/aromatic N) is 1. The molecule has 0 aromatic carbocycles. The fourth-order valence-corrected chi connectivity index (χ4v) is 2.73. The second-order valence-electron chi connectivity index (χ2n) is 3.29. The largest absolute Gasteiger partial charge is 0.250 e. The van der Waals surface area contributed by atoms with Crippen molar-refractivity contribution in [3.8, 4) is 0 Å². The summed E-state index contributed by atoms with van der Waals surface area (Å²) in [5.74, 6) is 1.45. The first kappa shape index (κ1) is 10.2. The zero-order chi connectivity index (χ0) is 8.97. The van der Waals surface area contributed by atoms with E-state index in [1.807, 2.05) is 11.6 Å². The molecule has 0 aliphatic rings. The van der Waals surface area contributed by atoms with Crippen LogP contribution in [0.4, 0.5) is 0 Å². The Labute approximate surface area is 86.3 Å². The predicted molar refractivity (Wildman–Crippen MR) is 57.9 cm³/mol. The molecule has 0 aliphatic heterocycles. The van der Waals surface area contributed by atoms with Crippen LogP contribution in [-0.4, -0.2) is 10.3 Å². The van der Waals surface area contributed by atoms with Gasteiger partial charge in [0.2, 0.25) is 0 Å². The van der Waals surface area contributed by atoms with Gasteiger partial charge >= 0.3 is 0 Å². The van der Waals surface area contributed by atoms with Crippen LogP contribution in [-0.2, 0) is 6.42 Å². The van der Waals surface area contributed by atoms with Gasteiger partial charge in [0, 0.05) is 23.3 Å². The minimum Gasteiger partial charge on any atom is -0.250 e. The molecule has 0 N–H and O–H groups in total. The van der Waals surface area contributed by atoms with E-state index in [4.69, 9.17) is 0 Å². The van der Waals surface area contributed by atoms with Crippen molar-refractivity contribution in [2.45, 2.75) is 20.3 Å². The Morgan fingerprint density at radius 2 is 2.33 bits per heavy atom. The molecule has 12 heavy (non-hydrogen) atoms. The predicted octanol–water partition coefficient (Wildman–Crippen LogP) is 3.35. The molecule has 1 atom stereocenters. The highest BCUT2D eigenvalue weighted by molar-refractivity contribution is 9.09. The molecule has 1 rings (SSSR count). The van der Waals surface area contributed by atoms with Gasteiger partial charge in [-0.15, -0.1) is 11.3 Å². The van der Waals surface area contributed by atoms with Gasteiger partial charge in [0.05, 0.1) is 5.01 Å². The van der Waals surface area contributed by atoms with E-state index in [1.54, 1.807) is 11.3 Å². The fraction of sp³-hybridized carbons (Fsp3) is 0.667. The Hall–Kier alpha value is 0.110. The summed E-state index contributed by atoms with van der Waals surface area (Å²) < 4.78 is 0. The van der Waals surface area contributed by atoms with Crippen LogP contribution >= 0.6 is 27.3 Å². The topological polar surface area (TPSA) is 12.9 Å². The summed E-state index contributed by atoms with van der Waals surface area (Å²) in [7, 11) is 0. The maximum atomic E-state index is 4.28. The number of aromatic nitrogens is 1. The number of hydrogen-bond donors (Lipinski definition) is 0. The van der Waals surface area contributed by atoms with Crippen molar-refractivity contribution in [1.29, 1.82) is 0 Å². The SMILES string of the molecule is CC(C)C(CBr)Cc1nccs1. The van der Waals surface area contributed by atoms with E-state index in [9.17, 15) is 0 Å².